The molecule has 4 heteroatoms. The Morgan fingerprint density at radius 3 is 0.500 bits per heavy atom. The van der Waals surface area contributed by atoms with Gasteiger partial charge in [0.1, 0.15) is 0 Å². The third kappa shape index (κ3) is 9.07. The standard InChI is InChI=1S/2Na.2H2O/h;;2*1H2/q2*+1;;/p-2. The van der Waals surface area contributed by atoms with Gasteiger partial charge in [-0.3, -0.25) is 0 Å². The molecule has 16 valence electrons. The third-order valence-corrected chi connectivity index (χ3v) is 0. The predicted octanol–water partition coefficient (Wildman–Crippen LogP) is -6.35. The Labute approximate surface area is 69.2 Å². The van der Waals surface area contributed by atoms with E-state index in [2.05, 4.69) is 0 Å². The Kier molecular flexibility index (Phi) is 199. The minimum absolute atomic E-state index is 0. The van der Waals surface area contributed by atoms with Crippen LogP contribution in [0.3, 0.4) is 0 Å². The maximum atomic E-state index is 0. The van der Waals surface area contributed by atoms with Crippen LogP contribution in [0.5, 0.6) is 0 Å². The second-order valence-electron chi connectivity index (χ2n) is 0. The molecule has 4 heavy (non-hydrogen) atoms. The van der Waals surface area contributed by atoms with Crippen molar-refractivity contribution in [1.29, 1.82) is 0 Å². The summed E-state index contributed by atoms with van der Waals surface area (Å²) in [5.74, 6) is 0. The van der Waals surface area contributed by atoms with Crippen LogP contribution in [-0.4, -0.2) is 11.0 Å². The molecule has 0 aliphatic rings. The van der Waals surface area contributed by atoms with Crippen LogP contribution in [-0.2, 0) is 0 Å². The van der Waals surface area contributed by atoms with Crippen LogP contribution in [0, 0.1) is 0 Å². The second kappa shape index (κ2) is 20.5. The van der Waals surface area contributed by atoms with Gasteiger partial charge in [0, 0.05) is 0 Å². The summed E-state index contributed by atoms with van der Waals surface area (Å²) in [7, 11) is 0. The molecule has 0 aromatic heterocycles. The van der Waals surface area contributed by atoms with E-state index in [9.17, 15) is 0 Å². The minimum atomic E-state index is 0. The van der Waals surface area contributed by atoms with E-state index < -0.39 is 0 Å². The normalized spacial score (nSPS) is 0. The van der Waals surface area contributed by atoms with E-state index in [1.165, 1.54) is 0 Å². The smallest absolute Gasteiger partial charge is 0.870 e. The molecule has 0 aromatic carbocycles. The average Bonchev–Trinajstić information content (AvgIpc) is 0. The first-order valence-electron chi connectivity index (χ1n) is 0. The molecule has 0 atom stereocenters. The fourth-order valence-corrected chi connectivity index (χ4v) is 0. The van der Waals surface area contributed by atoms with Crippen molar-refractivity contribution in [2.45, 2.75) is 0 Å². The van der Waals surface area contributed by atoms with Crippen LogP contribution >= 0.6 is 0 Å². The molecule has 0 aromatic rings. The maximum absolute atomic E-state index is 0. The van der Waals surface area contributed by atoms with E-state index in [4.69, 9.17) is 0 Å². The van der Waals surface area contributed by atoms with Gasteiger partial charge in [-0.2, -0.15) is 0 Å². The molecule has 0 aliphatic heterocycles. The van der Waals surface area contributed by atoms with E-state index in [1.807, 2.05) is 0 Å². The first-order valence-corrected chi connectivity index (χ1v) is 0. The quantitative estimate of drug-likeness (QED) is 0.272. The van der Waals surface area contributed by atoms with Gasteiger partial charge in [-0.05, 0) is 0 Å². The van der Waals surface area contributed by atoms with E-state index in [1.54, 1.807) is 0 Å². The first-order chi connectivity index (χ1) is 0. The number of hydrogen-bond acceptors (Lipinski definition) is 2. The zero-order valence-corrected chi connectivity index (χ0v) is 6.89. The van der Waals surface area contributed by atoms with E-state index in [0.29, 0.717) is 0 Å². The van der Waals surface area contributed by atoms with Crippen LogP contribution in [0.25, 0.3) is 0 Å². The van der Waals surface area contributed by atoms with Crippen molar-refractivity contribution in [3.05, 3.63) is 0 Å². The van der Waals surface area contributed by atoms with Gasteiger partial charge in [0.25, 0.3) is 0 Å². The summed E-state index contributed by atoms with van der Waals surface area (Å²) in [5, 5.41) is 0. The second-order valence-corrected chi connectivity index (χ2v) is 0. The molecule has 0 saturated carbocycles. The van der Waals surface area contributed by atoms with Gasteiger partial charge in [0.15, 0.2) is 0 Å². The Hall–Kier alpha value is 1.92. The monoisotopic (exact) mass is 80.0 g/mol. The van der Waals surface area contributed by atoms with E-state index in [-0.39, 0.29) is 70.1 Å². The Bertz CT molecular complexity index is 4.00. The molecule has 0 spiro atoms. The van der Waals surface area contributed by atoms with Crippen molar-refractivity contribution in [1.82, 2.24) is 0 Å². The molecular formula is H2Na2O2. The van der Waals surface area contributed by atoms with Crippen molar-refractivity contribution in [2.24, 2.45) is 0 Å². The van der Waals surface area contributed by atoms with Crippen molar-refractivity contribution in [3.8, 4) is 0 Å². The van der Waals surface area contributed by atoms with Gasteiger partial charge < -0.3 is 11.0 Å². The molecule has 0 aliphatic carbocycles. The van der Waals surface area contributed by atoms with Crippen LogP contribution in [0.4, 0.5) is 0 Å². The van der Waals surface area contributed by atoms with Crippen molar-refractivity contribution in [2.75, 3.05) is 0 Å². The summed E-state index contributed by atoms with van der Waals surface area (Å²) >= 11 is 0. The molecule has 2 N–H and O–H groups in total. The summed E-state index contributed by atoms with van der Waals surface area (Å²) in [6, 6.07) is 0. The molecule has 0 radical (unpaired) electrons. The van der Waals surface area contributed by atoms with E-state index in [0.717, 1.165) is 0 Å². The molecular weight excluding hydrogens is 78.0 g/mol. The van der Waals surface area contributed by atoms with Gasteiger partial charge >= 0.3 is 59.1 Å². The van der Waals surface area contributed by atoms with Crippen molar-refractivity contribution < 1.29 is 70.1 Å². The molecule has 0 heterocycles. The number of hydrogen-bond donors (Lipinski definition) is 0. The van der Waals surface area contributed by atoms with Crippen molar-refractivity contribution in [3.63, 3.8) is 0 Å². The molecule has 0 rings (SSSR count). The summed E-state index contributed by atoms with van der Waals surface area (Å²) in [5.41, 5.74) is 0. The van der Waals surface area contributed by atoms with Crippen LogP contribution < -0.4 is 59.1 Å². The largest absolute Gasteiger partial charge is 1.00 e. The average molecular weight is 80.0 g/mol. The fraction of sp³-hybridized carbons (Fsp3) is 0. The number of rotatable bonds is 0. The summed E-state index contributed by atoms with van der Waals surface area (Å²) in [6.07, 6.45) is 0. The molecule has 0 saturated heterocycles. The van der Waals surface area contributed by atoms with Gasteiger partial charge in [0.05, 0.1) is 0 Å². The van der Waals surface area contributed by atoms with Gasteiger partial charge in [0.2, 0.25) is 0 Å². The summed E-state index contributed by atoms with van der Waals surface area (Å²) in [4.78, 5) is 0. The summed E-state index contributed by atoms with van der Waals surface area (Å²) in [6.45, 7) is 0. The molecule has 0 bridgehead atoms. The van der Waals surface area contributed by atoms with Gasteiger partial charge in [-0.25, -0.2) is 0 Å². The molecule has 0 fully saturated rings. The summed E-state index contributed by atoms with van der Waals surface area (Å²) < 4.78 is 0. The third-order valence-electron chi connectivity index (χ3n) is 0. The van der Waals surface area contributed by atoms with Gasteiger partial charge in [-0.1, -0.05) is 0 Å². The zero-order valence-electron chi connectivity index (χ0n) is 2.89. The Morgan fingerprint density at radius 2 is 0.500 bits per heavy atom. The van der Waals surface area contributed by atoms with Crippen LogP contribution in [0.1, 0.15) is 0 Å². The first kappa shape index (κ1) is 38.9. The SMILES string of the molecule is [Na+].[Na+].[OH-].[OH-]. The predicted molar refractivity (Wildman–Crippen MR) is 3.87 cm³/mol. The Morgan fingerprint density at radius 1 is 0.500 bits per heavy atom. The maximum Gasteiger partial charge on any atom is 1.00 e. The fourth-order valence-electron chi connectivity index (χ4n) is 0. The van der Waals surface area contributed by atoms with E-state index >= 15 is 0 Å². The topological polar surface area (TPSA) is 60.0 Å². The van der Waals surface area contributed by atoms with Crippen LogP contribution in [0.15, 0.2) is 0 Å². The van der Waals surface area contributed by atoms with Crippen molar-refractivity contribution >= 4 is 0 Å². The molecule has 0 amide bonds. The molecule has 2 nitrogen and oxygen atoms in total. The zero-order chi connectivity index (χ0) is 0. The molecule has 0 unspecified atom stereocenters. The minimum Gasteiger partial charge on any atom is -0.870 e. The van der Waals surface area contributed by atoms with Gasteiger partial charge in [-0.15, -0.1) is 0 Å². The van der Waals surface area contributed by atoms with Crippen LogP contribution in [0.2, 0.25) is 0 Å². The Balaban J connectivity index is 0.